The minimum atomic E-state index is -0.660. The third kappa shape index (κ3) is 5.43. The number of nitrogens with two attached hydrogens (primary N) is 1. The van der Waals surface area contributed by atoms with Gasteiger partial charge in [-0.2, -0.15) is 10.4 Å². The summed E-state index contributed by atoms with van der Waals surface area (Å²) in [5, 5.41) is 17.0. The van der Waals surface area contributed by atoms with Gasteiger partial charge in [-0.05, 0) is 31.9 Å². The zero-order valence-corrected chi connectivity index (χ0v) is 18.1. The topological polar surface area (TPSA) is 106 Å². The van der Waals surface area contributed by atoms with E-state index in [0.717, 1.165) is 16.7 Å². The van der Waals surface area contributed by atoms with E-state index in [2.05, 4.69) is 22.6 Å². The molecule has 7 heteroatoms. The Labute approximate surface area is 182 Å². The van der Waals surface area contributed by atoms with Gasteiger partial charge in [0.2, 0.25) is 0 Å². The second-order valence-electron chi connectivity index (χ2n) is 8.12. The molecule has 3 aromatic rings. The molecular weight excluding hydrogens is 390 g/mol. The lowest BCUT2D eigenvalue weighted by Gasteiger charge is -2.26. The van der Waals surface area contributed by atoms with Crippen LogP contribution >= 0.6 is 0 Å². The molecule has 1 amide bonds. The van der Waals surface area contributed by atoms with E-state index in [1.807, 2.05) is 69.3 Å². The number of anilines is 1. The summed E-state index contributed by atoms with van der Waals surface area (Å²) in [5.41, 5.74) is 9.68. The highest BCUT2D eigenvalue weighted by Crippen LogP contribution is 2.25. The fourth-order valence-electron chi connectivity index (χ4n) is 3.34. The number of ether oxygens (including phenoxy) is 1. The average molecular weight is 418 g/mol. The van der Waals surface area contributed by atoms with Gasteiger partial charge in [-0.1, -0.05) is 60.2 Å². The average Bonchev–Trinajstić information content (AvgIpc) is 3.07. The van der Waals surface area contributed by atoms with E-state index in [-0.39, 0.29) is 19.0 Å². The molecule has 1 heterocycles. The summed E-state index contributed by atoms with van der Waals surface area (Å²) in [6, 6.07) is 19.7. The largest absolute Gasteiger partial charge is 0.445 e. The van der Waals surface area contributed by atoms with Gasteiger partial charge in [0.25, 0.3) is 0 Å². The summed E-state index contributed by atoms with van der Waals surface area (Å²) in [4.78, 5) is 12.1. The molecule has 0 fully saturated rings. The van der Waals surface area contributed by atoms with E-state index in [1.54, 1.807) is 4.68 Å². The summed E-state index contributed by atoms with van der Waals surface area (Å²) in [7, 11) is 0. The van der Waals surface area contributed by atoms with Crippen LogP contribution in [0.5, 0.6) is 0 Å². The Bertz CT molecular complexity index is 1100. The van der Waals surface area contributed by atoms with Crippen LogP contribution in [0.2, 0.25) is 0 Å². The van der Waals surface area contributed by atoms with Crippen molar-refractivity contribution in [1.29, 1.82) is 5.26 Å². The van der Waals surface area contributed by atoms with Gasteiger partial charge in [-0.15, -0.1) is 0 Å². The van der Waals surface area contributed by atoms with Gasteiger partial charge >= 0.3 is 6.09 Å². The van der Waals surface area contributed by atoms with Crippen molar-refractivity contribution >= 4 is 11.9 Å². The molecule has 0 saturated carbocycles. The van der Waals surface area contributed by atoms with E-state index in [4.69, 9.17) is 10.5 Å². The predicted molar refractivity (Wildman–Crippen MR) is 119 cm³/mol. The van der Waals surface area contributed by atoms with Crippen molar-refractivity contribution in [3.8, 4) is 6.07 Å². The SMILES string of the molecule is Cc1cccc(Cc2nn(C(C)(C)CNC(=O)OCc3ccccc3)c(N)c2C#N)c1. The zero-order chi connectivity index (χ0) is 22.4. The number of carbonyl (C=O) groups excluding carboxylic acids is 1. The Morgan fingerprint density at radius 2 is 1.90 bits per heavy atom. The lowest BCUT2D eigenvalue weighted by Crippen LogP contribution is -2.42. The highest BCUT2D eigenvalue weighted by atomic mass is 16.5. The Balaban J connectivity index is 1.69. The highest BCUT2D eigenvalue weighted by molar-refractivity contribution is 5.67. The number of amides is 1. The summed E-state index contributed by atoms with van der Waals surface area (Å²) in [6.45, 7) is 6.24. The molecule has 0 radical (unpaired) electrons. The third-order valence-electron chi connectivity index (χ3n) is 5.01. The lowest BCUT2D eigenvalue weighted by atomic mass is 10.0. The number of carbonyl (C=O) groups is 1. The molecule has 2 aromatic carbocycles. The molecule has 1 aromatic heterocycles. The molecule has 0 aliphatic heterocycles. The highest BCUT2D eigenvalue weighted by Gasteiger charge is 2.28. The van der Waals surface area contributed by atoms with Crippen LogP contribution in [0.3, 0.4) is 0 Å². The predicted octanol–water partition coefficient (Wildman–Crippen LogP) is 3.90. The van der Waals surface area contributed by atoms with Crippen LogP contribution in [0.15, 0.2) is 54.6 Å². The van der Waals surface area contributed by atoms with Crippen LogP contribution < -0.4 is 11.1 Å². The number of hydrogen-bond donors (Lipinski definition) is 2. The summed E-state index contributed by atoms with van der Waals surface area (Å²) in [5.74, 6) is 0.287. The van der Waals surface area contributed by atoms with Gasteiger partial charge in [-0.3, -0.25) is 0 Å². The Kier molecular flexibility index (Phi) is 6.61. The molecule has 7 nitrogen and oxygen atoms in total. The van der Waals surface area contributed by atoms with Crippen molar-refractivity contribution in [3.05, 3.63) is 82.5 Å². The van der Waals surface area contributed by atoms with E-state index in [0.29, 0.717) is 17.7 Å². The second kappa shape index (κ2) is 9.35. The molecule has 0 atom stereocenters. The van der Waals surface area contributed by atoms with Crippen LogP contribution in [0.25, 0.3) is 0 Å². The standard InChI is InChI=1S/C24H27N5O2/c1-17-8-7-11-19(12-17)13-21-20(14-25)22(26)29(28-21)24(2,3)16-27-23(30)31-15-18-9-5-4-6-10-18/h4-12H,13,15-16,26H2,1-3H3,(H,27,30). The number of rotatable bonds is 7. The summed E-state index contributed by atoms with van der Waals surface area (Å²) in [6.07, 6.45) is -0.0205. The molecule has 0 spiro atoms. The van der Waals surface area contributed by atoms with Crippen LogP contribution in [0.4, 0.5) is 10.6 Å². The molecule has 0 aliphatic rings. The Morgan fingerprint density at radius 1 is 1.19 bits per heavy atom. The quantitative estimate of drug-likeness (QED) is 0.606. The van der Waals surface area contributed by atoms with Crippen molar-refractivity contribution in [2.24, 2.45) is 0 Å². The fourth-order valence-corrected chi connectivity index (χ4v) is 3.34. The van der Waals surface area contributed by atoms with Gasteiger partial charge in [0.1, 0.15) is 24.1 Å². The molecule has 0 unspecified atom stereocenters. The van der Waals surface area contributed by atoms with Crippen LogP contribution in [0.1, 0.15) is 41.8 Å². The van der Waals surface area contributed by atoms with Crippen molar-refractivity contribution in [2.45, 2.75) is 39.3 Å². The van der Waals surface area contributed by atoms with Gasteiger partial charge in [0.05, 0.1) is 11.2 Å². The third-order valence-corrected chi connectivity index (χ3v) is 5.01. The molecule has 3 N–H and O–H groups in total. The van der Waals surface area contributed by atoms with Gasteiger partial charge in [-0.25, -0.2) is 9.48 Å². The molecule has 160 valence electrons. The smallest absolute Gasteiger partial charge is 0.407 e. The molecule has 31 heavy (non-hydrogen) atoms. The summed E-state index contributed by atoms with van der Waals surface area (Å²) < 4.78 is 6.87. The summed E-state index contributed by atoms with van der Waals surface area (Å²) >= 11 is 0. The molecule has 0 aliphatic carbocycles. The molecular formula is C24H27N5O2. The first-order valence-electron chi connectivity index (χ1n) is 10.1. The number of nitriles is 1. The number of aromatic nitrogens is 2. The number of aryl methyl sites for hydroxylation is 1. The van der Waals surface area contributed by atoms with Gasteiger partial charge < -0.3 is 15.8 Å². The molecule has 3 rings (SSSR count). The number of nitrogens with one attached hydrogen (secondary N) is 1. The molecule has 0 bridgehead atoms. The van der Waals surface area contributed by atoms with Crippen molar-refractivity contribution in [3.63, 3.8) is 0 Å². The van der Waals surface area contributed by atoms with Crippen LogP contribution in [0, 0.1) is 18.3 Å². The van der Waals surface area contributed by atoms with Crippen LogP contribution in [-0.2, 0) is 23.3 Å². The maximum absolute atomic E-state index is 12.1. The van der Waals surface area contributed by atoms with Crippen molar-refractivity contribution < 1.29 is 9.53 Å². The Morgan fingerprint density at radius 3 is 2.58 bits per heavy atom. The van der Waals surface area contributed by atoms with Crippen molar-refractivity contribution in [1.82, 2.24) is 15.1 Å². The monoisotopic (exact) mass is 417 g/mol. The molecule has 0 saturated heterocycles. The van der Waals surface area contributed by atoms with Gasteiger partial charge in [0.15, 0.2) is 0 Å². The minimum Gasteiger partial charge on any atom is -0.445 e. The van der Waals surface area contributed by atoms with Crippen LogP contribution in [-0.4, -0.2) is 22.4 Å². The maximum Gasteiger partial charge on any atom is 0.407 e. The number of nitrogen functional groups attached to an aromatic ring is 1. The van der Waals surface area contributed by atoms with Gasteiger partial charge in [0, 0.05) is 13.0 Å². The normalized spacial score (nSPS) is 11.0. The Hall–Kier alpha value is -3.79. The number of hydrogen-bond acceptors (Lipinski definition) is 5. The van der Waals surface area contributed by atoms with E-state index < -0.39 is 11.6 Å². The fraction of sp³-hybridized carbons (Fsp3) is 0.292. The first kappa shape index (κ1) is 21.9. The first-order valence-corrected chi connectivity index (χ1v) is 10.1. The minimum absolute atomic E-state index is 0.191. The van der Waals surface area contributed by atoms with E-state index >= 15 is 0 Å². The maximum atomic E-state index is 12.1. The number of benzene rings is 2. The lowest BCUT2D eigenvalue weighted by molar-refractivity contribution is 0.134. The first-order chi connectivity index (χ1) is 14.8. The van der Waals surface area contributed by atoms with Crippen molar-refractivity contribution in [2.75, 3.05) is 12.3 Å². The number of nitrogens with zero attached hydrogens (tertiary/aromatic N) is 3. The second-order valence-corrected chi connectivity index (χ2v) is 8.12. The van der Waals surface area contributed by atoms with E-state index in [1.165, 1.54) is 0 Å². The zero-order valence-electron chi connectivity index (χ0n) is 18.1. The van der Waals surface area contributed by atoms with E-state index in [9.17, 15) is 10.1 Å². The number of alkyl carbamates (subject to hydrolysis) is 1.